The molecule has 3 N–H and O–H groups in total. The summed E-state index contributed by atoms with van der Waals surface area (Å²) in [6.45, 7) is 5.43. The molecule has 1 aromatic heterocycles. The van der Waals surface area contributed by atoms with Gasteiger partial charge in [-0.3, -0.25) is 9.89 Å². The average Bonchev–Trinajstić information content (AvgIpc) is 3.27. The van der Waals surface area contributed by atoms with Crippen molar-refractivity contribution in [3.63, 3.8) is 0 Å². The molecule has 0 radical (unpaired) electrons. The van der Waals surface area contributed by atoms with Crippen LogP contribution in [0.3, 0.4) is 0 Å². The lowest BCUT2D eigenvalue weighted by atomic mass is 9.99. The van der Waals surface area contributed by atoms with E-state index in [0.29, 0.717) is 26.3 Å². The highest BCUT2D eigenvalue weighted by molar-refractivity contribution is 6.35. The lowest BCUT2D eigenvalue weighted by Gasteiger charge is -2.30. The molecular formula is C29H26Cl3N3O4. The van der Waals surface area contributed by atoms with Gasteiger partial charge in [0.15, 0.2) is 0 Å². The highest BCUT2D eigenvalue weighted by atomic mass is 35.5. The van der Waals surface area contributed by atoms with Crippen molar-refractivity contribution in [3.8, 4) is 11.3 Å². The van der Waals surface area contributed by atoms with Crippen molar-refractivity contribution in [3.05, 3.63) is 110 Å². The largest absolute Gasteiger partial charge is 0.478 e. The summed E-state index contributed by atoms with van der Waals surface area (Å²) >= 11 is 18.8. The van der Waals surface area contributed by atoms with Gasteiger partial charge in [-0.05, 0) is 68.3 Å². The molecule has 0 aliphatic heterocycles. The van der Waals surface area contributed by atoms with Crippen molar-refractivity contribution in [1.82, 2.24) is 15.5 Å². The topological polar surface area (TPSA) is 104 Å². The van der Waals surface area contributed by atoms with Gasteiger partial charge in [0.05, 0.1) is 17.0 Å². The van der Waals surface area contributed by atoms with Crippen LogP contribution in [0.5, 0.6) is 0 Å². The van der Waals surface area contributed by atoms with Gasteiger partial charge in [-0.25, -0.2) is 4.79 Å². The number of halogens is 3. The Morgan fingerprint density at radius 2 is 1.64 bits per heavy atom. The van der Waals surface area contributed by atoms with E-state index in [-0.39, 0.29) is 18.0 Å². The van der Waals surface area contributed by atoms with Crippen molar-refractivity contribution >= 4 is 46.7 Å². The second kappa shape index (κ2) is 11.8. The smallest absolute Gasteiger partial charge is 0.335 e. The first kappa shape index (κ1) is 28.6. The number of ether oxygens (including phenoxy) is 1. The number of nitrogens with one attached hydrogen (secondary N) is 2. The number of aromatic nitrogens is 2. The van der Waals surface area contributed by atoms with E-state index in [1.165, 1.54) is 12.1 Å². The number of nitrogens with zero attached hydrogens (tertiary/aromatic N) is 1. The Morgan fingerprint density at radius 3 is 2.26 bits per heavy atom. The summed E-state index contributed by atoms with van der Waals surface area (Å²) in [4.78, 5) is 24.4. The van der Waals surface area contributed by atoms with Crippen molar-refractivity contribution in [1.29, 1.82) is 0 Å². The molecule has 4 rings (SSSR count). The molecule has 202 valence electrons. The highest BCUT2D eigenvalue weighted by Gasteiger charge is 2.36. The van der Waals surface area contributed by atoms with Gasteiger partial charge < -0.3 is 15.2 Å². The molecule has 4 aromatic rings. The van der Waals surface area contributed by atoms with Crippen LogP contribution in [-0.4, -0.2) is 32.8 Å². The fraction of sp³-hybridized carbons (Fsp3) is 0.207. The SMILES string of the molecule is Cc1c(C(OC(C)(C)C(=O)NCc2ccc(C(=O)O)cc2)c2ccc(Cl)cc2Cl)n[nH]c1-c1ccc(Cl)cc1. The molecule has 0 saturated heterocycles. The van der Waals surface area contributed by atoms with Gasteiger partial charge >= 0.3 is 5.97 Å². The summed E-state index contributed by atoms with van der Waals surface area (Å²) in [5.74, 6) is -1.38. The third-order valence-electron chi connectivity index (χ3n) is 6.29. The number of hydrogen-bond donors (Lipinski definition) is 3. The number of H-pyrrole nitrogens is 1. The van der Waals surface area contributed by atoms with E-state index < -0.39 is 17.7 Å². The zero-order valence-electron chi connectivity index (χ0n) is 21.4. The molecule has 1 heterocycles. The predicted octanol–water partition coefficient (Wildman–Crippen LogP) is 7.24. The molecule has 7 nitrogen and oxygen atoms in total. The number of aromatic amines is 1. The zero-order valence-corrected chi connectivity index (χ0v) is 23.7. The number of benzene rings is 3. The molecule has 1 atom stereocenters. The molecule has 1 amide bonds. The van der Waals surface area contributed by atoms with Gasteiger partial charge in [0.25, 0.3) is 5.91 Å². The molecule has 0 saturated carbocycles. The van der Waals surface area contributed by atoms with Crippen molar-refractivity contribution in [2.45, 2.75) is 39.0 Å². The highest BCUT2D eigenvalue weighted by Crippen LogP contribution is 2.38. The maximum Gasteiger partial charge on any atom is 0.335 e. The molecular weight excluding hydrogens is 561 g/mol. The minimum atomic E-state index is -1.31. The molecule has 0 bridgehead atoms. The maximum absolute atomic E-state index is 13.3. The Labute approximate surface area is 241 Å². The molecule has 0 fully saturated rings. The quantitative estimate of drug-likeness (QED) is 0.192. The van der Waals surface area contributed by atoms with Crippen LogP contribution in [0.2, 0.25) is 15.1 Å². The maximum atomic E-state index is 13.3. The average molecular weight is 587 g/mol. The summed E-state index contributed by atoms with van der Waals surface area (Å²) in [6.07, 6.45) is -0.803. The number of aromatic carboxylic acids is 1. The number of amides is 1. The normalized spacial score (nSPS) is 12.3. The van der Waals surface area contributed by atoms with Crippen LogP contribution in [0.15, 0.2) is 66.7 Å². The van der Waals surface area contributed by atoms with Crippen LogP contribution in [0.1, 0.15) is 52.7 Å². The third kappa shape index (κ3) is 6.62. The van der Waals surface area contributed by atoms with E-state index in [1.54, 1.807) is 56.3 Å². The van der Waals surface area contributed by atoms with E-state index in [4.69, 9.17) is 44.6 Å². The van der Waals surface area contributed by atoms with Crippen molar-refractivity contribution in [2.24, 2.45) is 0 Å². The first-order valence-electron chi connectivity index (χ1n) is 12.0. The minimum Gasteiger partial charge on any atom is -0.478 e. The summed E-state index contributed by atoms with van der Waals surface area (Å²) in [5, 5.41) is 21.1. The van der Waals surface area contributed by atoms with Gasteiger partial charge in [0.2, 0.25) is 0 Å². The summed E-state index contributed by atoms with van der Waals surface area (Å²) < 4.78 is 6.46. The van der Waals surface area contributed by atoms with Gasteiger partial charge in [-0.1, -0.05) is 65.1 Å². The third-order valence-corrected chi connectivity index (χ3v) is 7.10. The number of rotatable bonds is 9. The second-order valence-electron chi connectivity index (χ2n) is 9.47. The standard InChI is InChI=1S/C29H26Cl3N3O4/c1-16-24(18-8-10-20(30)11-9-18)34-35-25(16)26(22-13-12-21(31)14-23(22)32)39-29(2,3)28(38)33-15-17-4-6-19(7-5-17)27(36)37/h4-14,26H,15H2,1-3H3,(H,33,38)(H,34,35)(H,36,37). The summed E-state index contributed by atoms with van der Waals surface area (Å²) in [7, 11) is 0. The van der Waals surface area contributed by atoms with Crippen LogP contribution in [-0.2, 0) is 16.1 Å². The van der Waals surface area contributed by atoms with Crippen LogP contribution >= 0.6 is 34.8 Å². The molecule has 0 spiro atoms. The van der Waals surface area contributed by atoms with E-state index >= 15 is 0 Å². The van der Waals surface area contributed by atoms with Crippen LogP contribution in [0, 0.1) is 6.92 Å². The van der Waals surface area contributed by atoms with E-state index in [2.05, 4.69) is 15.5 Å². The van der Waals surface area contributed by atoms with Gasteiger partial charge in [-0.2, -0.15) is 5.10 Å². The van der Waals surface area contributed by atoms with Crippen LogP contribution in [0.25, 0.3) is 11.3 Å². The molecule has 0 aliphatic carbocycles. The molecule has 39 heavy (non-hydrogen) atoms. The van der Waals surface area contributed by atoms with E-state index in [9.17, 15) is 9.59 Å². The lowest BCUT2D eigenvalue weighted by molar-refractivity contribution is -0.148. The van der Waals surface area contributed by atoms with Crippen molar-refractivity contribution < 1.29 is 19.4 Å². The van der Waals surface area contributed by atoms with E-state index in [1.807, 2.05) is 19.1 Å². The van der Waals surface area contributed by atoms with Gasteiger partial charge in [0, 0.05) is 32.7 Å². The Bertz CT molecular complexity index is 1500. The lowest BCUT2D eigenvalue weighted by Crippen LogP contribution is -2.45. The predicted molar refractivity (Wildman–Crippen MR) is 152 cm³/mol. The van der Waals surface area contributed by atoms with Gasteiger partial charge in [-0.15, -0.1) is 0 Å². The Balaban J connectivity index is 1.62. The number of carboxylic acid groups (broad SMARTS) is 1. The van der Waals surface area contributed by atoms with Crippen molar-refractivity contribution in [2.75, 3.05) is 0 Å². The first-order valence-corrected chi connectivity index (χ1v) is 13.1. The fourth-order valence-corrected chi connectivity index (χ4v) is 4.69. The molecule has 0 aliphatic rings. The molecule has 1 unspecified atom stereocenters. The first-order chi connectivity index (χ1) is 18.5. The summed E-state index contributed by atoms with van der Waals surface area (Å²) in [5.41, 5.74) is 3.28. The van der Waals surface area contributed by atoms with Crippen LogP contribution in [0.4, 0.5) is 0 Å². The number of hydrogen-bond acceptors (Lipinski definition) is 4. The molecule has 3 aromatic carbocycles. The number of carboxylic acids is 1. The fourth-order valence-electron chi connectivity index (χ4n) is 4.05. The van der Waals surface area contributed by atoms with E-state index in [0.717, 1.165) is 22.4 Å². The zero-order chi connectivity index (χ0) is 28.3. The monoisotopic (exact) mass is 585 g/mol. The minimum absolute atomic E-state index is 0.170. The Morgan fingerprint density at radius 1 is 1.00 bits per heavy atom. The van der Waals surface area contributed by atoms with Gasteiger partial charge in [0.1, 0.15) is 11.7 Å². The Kier molecular flexibility index (Phi) is 8.67. The second-order valence-corrected chi connectivity index (χ2v) is 10.8. The molecule has 10 heteroatoms. The number of carbonyl (C=O) groups excluding carboxylic acids is 1. The van der Waals surface area contributed by atoms with Crippen LogP contribution < -0.4 is 5.32 Å². The summed E-state index contributed by atoms with van der Waals surface area (Å²) in [6, 6.07) is 18.7. The number of carbonyl (C=O) groups is 2. The Hall–Kier alpha value is -3.36.